The molecule has 0 heterocycles. The highest BCUT2D eigenvalue weighted by Gasteiger charge is 2.30. The van der Waals surface area contributed by atoms with Gasteiger partial charge >= 0.3 is 5.97 Å². The molecule has 0 aromatic heterocycles. The first kappa shape index (κ1) is 15.5. The zero-order chi connectivity index (χ0) is 13.5. The van der Waals surface area contributed by atoms with Gasteiger partial charge in [-0.1, -0.05) is 53.2 Å². The third-order valence-corrected chi connectivity index (χ3v) is 3.99. The normalized spacial score (nSPS) is 15.8. The quantitative estimate of drug-likeness (QED) is 0.642. The van der Waals surface area contributed by atoms with Gasteiger partial charge in [-0.05, 0) is 12.0 Å². The lowest BCUT2D eigenvalue weighted by Gasteiger charge is -2.19. The number of rotatable bonds is 6. The molecule has 0 amide bonds. The first-order valence-electron chi connectivity index (χ1n) is 5.73. The summed E-state index contributed by atoms with van der Waals surface area (Å²) in [6, 6.07) is 9.36. The summed E-state index contributed by atoms with van der Waals surface area (Å²) in [5, 5.41) is 9.30. The van der Waals surface area contributed by atoms with Gasteiger partial charge in [0.25, 0.3) is 0 Å². The number of aliphatic hydroxyl groups excluding tert-OH is 1. The molecule has 0 aliphatic rings. The monoisotopic (exact) mass is 334 g/mol. The number of halogens is 2. The van der Waals surface area contributed by atoms with Crippen molar-refractivity contribution in [2.24, 2.45) is 0 Å². The van der Waals surface area contributed by atoms with Gasteiger partial charge in [0.1, 0.15) is 11.4 Å². The van der Waals surface area contributed by atoms with Gasteiger partial charge in [0.05, 0.1) is 11.5 Å². The van der Waals surface area contributed by atoms with Gasteiger partial charge in [-0.2, -0.15) is 0 Å². The summed E-state index contributed by atoms with van der Waals surface area (Å²) in [5.74, 6) is -0.509. The highest BCUT2D eigenvalue weighted by Crippen LogP contribution is 2.18. The zero-order valence-corrected chi connectivity index (χ0v) is 12.4. The Hall–Kier alpha value is -0.580. The van der Waals surface area contributed by atoms with Crippen LogP contribution in [-0.2, 0) is 16.1 Å². The number of carbonyl (C=O) groups excluding carboxylic acids is 1. The largest absolute Gasteiger partial charge is 0.460 e. The predicted molar refractivity (Wildman–Crippen MR) is 74.9 cm³/mol. The van der Waals surface area contributed by atoms with Crippen LogP contribution in [0.2, 0.25) is 0 Å². The summed E-state index contributed by atoms with van der Waals surface area (Å²) in [5.41, 5.74) is 0.901. The molecule has 0 saturated heterocycles. The molecule has 1 N–H and O–H groups in total. The highest BCUT2D eigenvalue weighted by atomic mass is 79.9. The molecule has 0 saturated carbocycles. The topological polar surface area (TPSA) is 46.5 Å². The summed E-state index contributed by atoms with van der Waals surface area (Å²) in [6.07, 6.45) is -0.378. The Balaban J connectivity index is 2.45. The molecule has 0 radical (unpaired) electrons. The molecule has 0 spiro atoms. The molecule has 0 bridgehead atoms. The summed E-state index contributed by atoms with van der Waals surface area (Å²) < 4.78 is 5.10. The van der Waals surface area contributed by atoms with Crippen LogP contribution in [0.25, 0.3) is 0 Å². The minimum absolute atomic E-state index is 0.188. The van der Waals surface area contributed by atoms with Crippen LogP contribution in [0.4, 0.5) is 0 Å². The van der Waals surface area contributed by atoms with Gasteiger partial charge < -0.3 is 9.84 Å². The maximum absolute atomic E-state index is 11.7. The molecule has 5 heteroatoms. The van der Waals surface area contributed by atoms with Crippen molar-refractivity contribution in [3.8, 4) is 0 Å². The number of ether oxygens (including phenoxy) is 1. The lowest BCUT2D eigenvalue weighted by Crippen LogP contribution is -2.36. The van der Waals surface area contributed by atoms with E-state index in [0.29, 0.717) is 6.42 Å². The first-order valence-corrected chi connectivity index (χ1v) is 7.08. The summed E-state index contributed by atoms with van der Waals surface area (Å²) in [6.45, 7) is 2.03. The standard InChI is InChI=1S/C13H16BrClO3/c1-2-10(15)12(16)11(14)13(17)18-8-9-6-4-3-5-7-9/h3-7,10-12,16H,2,8H2,1H3/t10-,11-,12-/m1/s1. The number of hydrogen-bond donors (Lipinski definition) is 1. The van der Waals surface area contributed by atoms with Crippen molar-refractivity contribution >= 4 is 33.5 Å². The summed E-state index contributed by atoms with van der Waals surface area (Å²) in [7, 11) is 0. The third kappa shape index (κ3) is 4.59. The van der Waals surface area contributed by atoms with E-state index in [1.165, 1.54) is 0 Å². The molecule has 0 aliphatic heterocycles. The lowest BCUT2D eigenvalue weighted by atomic mass is 10.1. The van der Waals surface area contributed by atoms with Crippen LogP contribution in [0, 0.1) is 0 Å². The van der Waals surface area contributed by atoms with Crippen LogP contribution < -0.4 is 0 Å². The zero-order valence-electron chi connectivity index (χ0n) is 10.1. The second-order valence-corrected chi connectivity index (χ2v) is 5.46. The Morgan fingerprint density at radius 2 is 2.06 bits per heavy atom. The van der Waals surface area contributed by atoms with E-state index < -0.39 is 22.3 Å². The van der Waals surface area contributed by atoms with Gasteiger partial charge in [0, 0.05) is 0 Å². The molecule has 1 aromatic carbocycles. The summed E-state index contributed by atoms with van der Waals surface area (Å²) >= 11 is 9.00. The van der Waals surface area contributed by atoms with E-state index in [0.717, 1.165) is 5.56 Å². The Kier molecular flexibility index (Phi) is 6.68. The average molecular weight is 336 g/mol. The maximum atomic E-state index is 11.7. The number of carbonyl (C=O) groups is 1. The Labute approximate surface area is 120 Å². The van der Waals surface area contributed by atoms with Crippen LogP contribution >= 0.6 is 27.5 Å². The smallest absolute Gasteiger partial charge is 0.322 e. The predicted octanol–water partition coefficient (Wildman–Crippen LogP) is 2.87. The second kappa shape index (κ2) is 7.77. The molecule has 18 heavy (non-hydrogen) atoms. The molecular weight excluding hydrogens is 319 g/mol. The van der Waals surface area contributed by atoms with Crippen molar-refractivity contribution in [1.82, 2.24) is 0 Å². The third-order valence-electron chi connectivity index (χ3n) is 2.51. The molecule has 1 aromatic rings. The van der Waals surface area contributed by atoms with Crippen LogP contribution in [-0.4, -0.2) is 27.4 Å². The van der Waals surface area contributed by atoms with E-state index in [1.807, 2.05) is 37.3 Å². The van der Waals surface area contributed by atoms with Gasteiger partial charge in [-0.15, -0.1) is 11.6 Å². The van der Waals surface area contributed by atoms with Crippen molar-refractivity contribution < 1.29 is 14.6 Å². The van der Waals surface area contributed by atoms with Crippen LogP contribution in [0.5, 0.6) is 0 Å². The SMILES string of the molecule is CC[C@@H](Cl)[C@@H](O)[C@@H](Br)C(=O)OCc1ccccc1. The number of esters is 1. The van der Waals surface area contributed by atoms with E-state index in [1.54, 1.807) is 0 Å². The molecule has 3 nitrogen and oxygen atoms in total. The maximum Gasteiger partial charge on any atom is 0.322 e. The molecule has 100 valence electrons. The van der Waals surface area contributed by atoms with E-state index in [2.05, 4.69) is 15.9 Å². The van der Waals surface area contributed by atoms with Crippen molar-refractivity contribution in [3.63, 3.8) is 0 Å². The van der Waals surface area contributed by atoms with Crippen LogP contribution in [0.1, 0.15) is 18.9 Å². The number of benzene rings is 1. The fourth-order valence-corrected chi connectivity index (χ4v) is 2.19. The van der Waals surface area contributed by atoms with Crippen molar-refractivity contribution in [1.29, 1.82) is 0 Å². The summed E-state index contributed by atoms with van der Waals surface area (Å²) in [4.78, 5) is 10.9. The minimum atomic E-state index is -0.958. The lowest BCUT2D eigenvalue weighted by molar-refractivity contribution is -0.146. The Morgan fingerprint density at radius 1 is 1.44 bits per heavy atom. The first-order chi connectivity index (χ1) is 8.56. The number of hydrogen-bond acceptors (Lipinski definition) is 3. The average Bonchev–Trinajstić information content (AvgIpc) is 2.43. The Morgan fingerprint density at radius 3 is 2.61 bits per heavy atom. The molecule has 0 fully saturated rings. The van der Waals surface area contributed by atoms with Gasteiger partial charge in [-0.3, -0.25) is 4.79 Å². The molecule has 3 atom stereocenters. The highest BCUT2D eigenvalue weighted by molar-refractivity contribution is 9.10. The van der Waals surface area contributed by atoms with E-state index in [9.17, 15) is 9.90 Å². The van der Waals surface area contributed by atoms with E-state index in [4.69, 9.17) is 16.3 Å². The van der Waals surface area contributed by atoms with Crippen LogP contribution in [0.15, 0.2) is 30.3 Å². The second-order valence-electron chi connectivity index (χ2n) is 3.91. The van der Waals surface area contributed by atoms with Crippen molar-refractivity contribution in [2.45, 2.75) is 36.3 Å². The number of alkyl halides is 2. The minimum Gasteiger partial charge on any atom is -0.460 e. The number of aliphatic hydroxyl groups is 1. The van der Waals surface area contributed by atoms with E-state index in [-0.39, 0.29) is 6.61 Å². The van der Waals surface area contributed by atoms with Gasteiger partial charge in [0.15, 0.2) is 0 Å². The molecule has 0 unspecified atom stereocenters. The van der Waals surface area contributed by atoms with Gasteiger partial charge in [-0.25, -0.2) is 0 Å². The van der Waals surface area contributed by atoms with Crippen molar-refractivity contribution in [2.75, 3.05) is 0 Å². The van der Waals surface area contributed by atoms with Crippen LogP contribution in [0.3, 0.4) is 0 Å². The van der Waals surface area contributed by atoms with Gasteiger partial charge in [0.2, 0.25) is 0 Å². The molecule has 0 aliphatic carbocycles. The van der Waals surface area contributed by atoms with Crippen molar-refractivity contribution in [3.05, 3.63) is 35.9 Å². The Bertz CT molecular complexity index is 372. The fourth-order valence-electron chi connectivity index (χ4n) is 1.37. The van der Waals surface area contributed by atoms with E-state index >= 15 is 0 Å². The molecular formula is C13H16BrClO3. The molecule has 1 rings (SSSR count). The fraction of sp³-hybridized carbons (Fsp3) is 0.462.